The lowest BCUT2D eigenvalue weighted by atomic mass is 10.0. The molecule has 0 aliphatic heterocycles. The highest BCUT2D eigenvalue weighted by atomic mass is 35.5. The van der Waals surface area contributed by atoms with Crippen molar-refractivity contribution in [2.75, 3.05) is 4.72 Å². The molecule has 1 fully saturated rings. The molecule has 1 aromatic carbocycles. The minimum Gasteiger partial charge on any atom is -0.436 e. The summed E-state index contributed by atoms with van der Waals surface area (Å²) in [7, 11) is -2.25. The summed E-state index contributed by atoms with van der Waals surface area (Å²) in [5.41, 5.74) is 4.68. The topological polar surface area (TPSA) is 99.0 Å². The second-order valence-corrected chi connectivity index (χ2v) is 10.9. The number of sulfonamides is 1. The molecule has 1 aliphatic rings. The summed E-state index contributed by atoms with van der Waals surface area (Å²) in [6.07, 6.45) is 8.10. The van der Waals surface area contributed by atoms with Crippen LogP contribution in [0.2, 0.25) is 5.02 Å². The van der Waals surface area contributed by atoms with E-state index in [1.165, 1.54) is 23.3 Å². The van der Waals surface area contributed by atoms with Crippen molar-refractivity contribution in [3.63, 3.8) is 0 Å². The summed E-state index contributed by atoms with van der Waals surface area (Å²) in [5.74, 6) is 1.28. The number of nitrogens with one attached hydrogen (secondary N) is 1. The van der Waals surface area contributed by atoms with E-state index in [2.05, 4.69) is 32.8 Å². The Morgan fingerprint density at radius 3 is 2.60 bits per heavy atom. The maximum atomic E-state index is 13.0. The Morgan fingerprint density at radius 2 is 1.91 bits per heavy atom. The third-order valence-corrected chi connectivity index (χ3v) is 7.29. The zero-order chi connectivity index (χ0) is 24.7. The van der Waals surface area contributed by atoms with Crippen molar-refractivity contribution in [2.45, 2.75) is 37.5 Å². The van der Waals surface area contributed by atoms with Crippen LogP contribution in [-0.4, -0.2) is 28.2 Å². The van der Waals surface area contributed by atoms with Gasteiger partial charge in [0, 0.05) is 31.2 Å². The van der Waals surface area contributed by atoms with E-state index in [9.17, 15) is 8.42 Å². The van der Waals surface area contributed by atoms with Gasteiger partial charge in [-0.3, -0.25) is 14.4 Å². The van der Waals surface area contributed by atoms with Crippen LogP contribution in [0.5, 0.6) is 11.6 Å². The van der Waals surface area contributed by atoms with Crippen LogP contribution in [0.3, 0.4) is 0 Å². The number of ether oxygens (including phenoxy) is 1. The molecule has 0 atom stereocenters. The molecule has 3 aromatic heterocycles. The number of aryl methyl sites for hydroxylation is 3. The molecule has 1 N–H and O–H groups in total. The van der Waals surface area contributed by atoms with E-state index in [4.69, 9.17) is 16.3 Å². The van der Waals surface area contributed by atoms with Crippen LogP contribution in [0, 0.1) is 13.8 Å². The molecule has 4 aromatic rings. The van der Waals surface area contributed by atoms with Crippen molar-refractivity contribution in [1.82, 2.24) is 19.7 Å². The quantitative estimate of drug-likeness (QED) is 0.347. The number of rotatable bonds is 7. The number of anilines is 1. The van der Waals surface area contributed by atoms with Gasteiger partial charge in [-0.05, 0) is 61.9 Å². The van der Waals surface area contributed by atoms with Gasteiger partial charge in [-0.25, -0.2) is 13.4 Å². The van der Waals surface area contributed by atoms with Gasteiger partial charge in [0.05, 0.1) is 16.9 Å². The van der Waals surface area contributed by atoms with Crippen molar-refractivity contribution < 1.29 is 13.2 Å². The number of halogens is 1. The molecule has 180 valence electrons. The zero-order valence-electron chi connectivity index (χ0n) is 19.5. The predicted molar refractivity (Wildman–Crippen MR) is 134 cm³/mol. The van der Waals surface area contributed by atoms with Crippen molar-refractivity contribution in [3.8, 4) is 22.9 Å². The number of nitrogens with zero attached hydrogens (tertiary/aromatic N) is 4. The monoisotopic (exact) mass is 509 g/mol. The fourth-order valence-electron chi connectivity index (χ4n) is 3.97. The lowest BCUT2D eigenvalue weighted by Gasteiger charge is -2.18. The van der Waals surface area contributed by atoms with Crippen molar-refractivity contribution >= 4 is 27.3 Å². The summed E-state index contributed by atoms with van der Waals surface area (Å²) < 4.78 is 36.5. The molecule has 0 unspecified atom stereocenters. The van der Waals surface area contributed by atoms with Gasteiger partial charge in [-0.2, -0.15) is 5.10 Å². The average molecular weight is 510 g/mol. The molecule has 1 aliphatic carbocycles. The highest BCUT2D eigenvalue weighted by Crippen LogP contribution is 2.47. The average Bonchev–Trinajstić information content (AvgIpc) is 3.55. The Hall–Kier alpha value is -3.43. The summed E-state index contributed by atoms with van der Waals surface area (Å²) in [6, 6.07) is 9.25. The van der Waals surface area contributed by atoms with Gasteiger partial charge in [0.15, 0.2) is 0 Å². The molecular weight excluding hydrogens is 486 g/mol. The van der Waals surface area contributed by atoms with Crippen LogP contribution in [0.1, 0.15) is 35.4 Å². The van der Waals surface area contributed by atoms with E-state index < -0.39 is 10.0 Å². The van der Waals surface area contributed by atoms with Gasteiger partial charge in [-0.15, -0.1) is 0 Å². The SMILES string of the molecule is Cc1cc(C)c(Oc2nc(-c3cncc(Cl)c3)ccc2NS(=O)(=O)c2cnn(C)c2)c(C2CC2)c1. The van der Waals surface area contributed by atoms with Gasteiger partial charge in [0.1, 0.15) is 16.3 Å². The number of benzene rings is 1. The number of hydrogen-bond donors (Lipinski definition) is 1. The molecule has 0 saturated heterocycles. The standard InChI is InChI=1S/C25H24ClN5O3S/c1-15-8-16(2)24(21(9-15)17-4-5-17)34-25-23(30-35(32,33)20-13-28-31(3)14-20)7-6-22(29-25)18-10-19(26)12-27-11-18/h6-14,17,30H,4-5H2,1-3H3. The second kappa shape index (κ2) is 8.98. The molecule has 0 spiro atoms. The van der Waals surface area contributed by atoms with Gasteiger partial charge >= 0.3 is 0 Å². The highest BCUT2D eigenvalue weighted by Gasteiger charge is 2.29. The predicted octanol–water partition coefficient (Wildman–Crippen LogP) is 5.62. The Kier molecular flexibility index (Phi) is 5.98. The number of hydrogen-bond acceptors (Lipinski definition) is 6. The summed E-state index contributed by atoms with van der Waals surface area (Å²) in [5, 5.41) is 4.44. The largest absolute Gasteiger partial charge is 0.436 e. The zero-order valence-corrected chi connectivity index (χ0v) is 21.1. The van der Waals surface area contributed by atoms with Crippen LogP contribution in [-0.2, 0) is 17.1 Å². The summed E-state index contributed by atoms with van der Waals surface area (Å²) >= 11 is 6.13. The van der Waals surface area contributed by atoms with Crippen LogP contribution < -0.4 is 9.46 Å². The third-order valence-electron chi connectivity index (χ3n) is 5.76. The molecule has 3 heterocycles. The minimum absolute atomic E-state index is 0.0410. The molecule has 0 bridgehead atoms. The summed E-state index contributed by atoms with van der Waals surface area (Å²) in [4.78, 5) is 8.85. The molecule has 10 heteroatoms. The molecule has 0 radical (unpaired) electrons. The van der Waals surface area contributed by atoms with Crippen molar-refractivity contribution in [1.29, 1.82) is 0 Å². The van der Waals surface area contributed by atoms with Crippen LogP contribution in [0.15, 0.2) is 60.0 Å². The van der Waals surface area contributed by atoms with Gasteiger partial charge in [0.25, 0.3) is 10.0 Å². The molecule has 1 saturated carbocycles. The van der Waals surface area contributed by atoms with E-state index >= 15 is 0 Å². The minimum atomic E-state index is -3.91. The van der Waals surface area contributed by atoms with Crippen molar-refractivity contribution in [2.24, 2.45) is 7.05 Å². The summed E-state index contributed by atoms with van der Waals surface area (Å²) in [6.45, 7) is 4.04. The van der Waals surface area contributed by atoms with Crippen LogP contribution in [0.25, 0.3) is 11.3 Å². The van der Waals surface area contributed by atoms with Crippen LogP contribution in [0.4, 0.5) is 5.69 Å². The number of aromatic nitrogens is 4. The molecule has 8 nitrogen and oxygen atoms in total. The van der Waals surface area contributed by atoms with Gasteiger partial charge < -0.3 is 4.74 Å². The third kappa shape index (κ3) is 5.01. The molecular formula is C25H24ClN5O3S. The maximum absolute atomic E-state index is 13.0. The van der Waals surface area contributed by atoms with E-state index in [1.54, 1.807) is 31.4 Å². The first-order valence-electron chi connectivity index (χ1n) is 11.1. The Bertz CT molecular complexity index is 1530. The van der Waals surface area contributed by atoms with Crippen molar-refractivity contribution in [3.05, 3.63) is 76.8 Å². The maximum Gasteiger partial charge on any atom is 0.265 e. The lowest BCUT2D eigenvalue weighted by Crippen LogP contribution is -2.13. The molecule has 5 rings (SSSR count). The molecule has 35 heavy (non-hydrogen) atoms. The van der Waals surface area contributed by atoms with E-state index in [1.807, 2.05) is 13.0 Å². The lowest BCUT2D eigenvalue weighted by molar-refractivity contribution is 0.456. The first-order chi connectivity index (χ1) is 16.7. The first kappa shape index (κ1) is 23.3. The second-order valence-electron chi connectivity index (χ2n) is 8.77. The Morgan fingerprint density at radius 1 is 1.11 bits per heavy atom. The normalized spacial score (nSPS) is 13.6. The smallest absolute Gasteiger partial charge is 0.265 e. The van der Waals surface area contributed by atoms with Gasteiger partial charge in [0.2, 0.25) is 5.88 Å². The first-order valence-corrected chi connectivity index (χ1v) is 13.0. The highest BCUT2D eigenvalue weighted by molar-refractivity contribution is 7.92. The van der Waals surface area contributed by atoms with Gasteiger partial charge in [-0.1, -0.05) is 29.3 Å². The van der Waals surface area contributed by atoms with Crippen LogP contribution >= 0.6 is 11.6 Å². The number of pyridine rings is 2. The Balaban J connectivity index is 1.60. The fourth-order valence-corrected chi connectivity index (χ4v) is 5.18. The van der Waals surface area contributed by atoms with E-state index in [-0.39, 0.29) is 16.5 Å². The van der Waals surface area contributed by atoms with E-state index in [0.717, 1.165) is 29.5 Å². The van der Waals surface area contributed by atoms with E-state index in [0.29, 0.717) is 27.9 Å². The molecule has 0 amide bonds. The fraction of sp³-hybridized carbons (Fsp3) is 0.240. The Labute approximate surface area is 209 Å².